The van der Waals surface area contributed by atoms with Crippen molar-refractivity contribution in [3.63, 3.8) is 0 Å². The molecule has 0 bridgehead atoms. The van der Waals surface area contributed by atoms with E-state index in [1.807, 2.05) is 63.3 Å². The van der Waals surface area contributed by atoms with Crippen LogP contribution in [0.2, 0.25) is 0 Å². The lowest BCUT2D eigenvalue weighted by atomic mass is 9.70. The Hall–Kier alpha value is -6.08. The minimum absolute atomic E-state index is 0.106. The van der Waals surface area contributed by atoms with E-state index in [-0.39, 0.29) is 5.41 Å². The van der Waals surface area contributed by atoms with Crippen LogP contribution < -0.4 is 5.32 Å². The van der Waals surface area contributed by atoms with Crippen molar-refractivity contribution < 1.29 is 0 Å². The second-order valence-electron chi connectivity index (χ2n) is 14.1. The van der Waals surface area contributed by atoms with E-state index in [9.17, 15) is 0 Å². The summed E-state index contributed by atoms with van der Waals surface area (Å²) in [7, 11) is 0. The van der Waals surface area contributed by atoms with Gasteiger partial charge in [-0.2, -0.15) is 0 Å². The van der Waals surface area contributed by atoms with E-state index < -0.39 is 0 Å². The summed E-state index contributed by atoms with van der Waals surface area (Å²) in [5, 5.41) is 3.45. The Balaban J connectivity index is 0.000000485. The quantitative estimate of drug-likeness (QED) is 0.0825. The molecule has 1 aliphatic rings. The number of nitrogens with one attached hydrogen (secondary N) is 1. The van der Waals surface area contributed by atoms with Gasteiger partial charge in [-0.05, 0) is 138 Å². The standard InChI is InChI=1S/C41H45N.C14H19N/c1-9-14-16-24-40-34(8)33(7)39(23-15-10-2)42(40)38(13-5)26-25-32(6)41(28-18-29-41)30-27-35-21-17-22-37(31-35)36(19-11-3)20-12-4;1-4-5-6-10-13(3)15-14-11-8-7-9-12(14)2/h9-13,16-28,30-31H,1,3,5,14,29H2,2,4,6-8H3;4-11,13,15H,1-3H3/b20-12-,24-16?,30-27+,32-25+,36-19+,38-26+;5-4-,10-6-. The van der Waals surface area contributed by atoms with E-state index in [2.05, 4.69) is 197 Å². The number of benzene rings is 2. The van der Waals surface area contributed by atoms with Crippen LogP contribution in [0.25, 0.3) is 29.5 Å². The molecule has 2 aromatic carbocycles. The molecule has 294 valence electrons. The number of anilines is 1. The average molecular weight is 753 g/mol. The lowest BCUT2D eigenvalue weighted by Crippen LogP contribution is -2.21. The van der Waals surface area contributed by atoms with Crippen LogP contribution in [0.3, 0.4) is 0 Å². The summed E-state index contributed by atoms with van der Waals surface area (Å²) >= 11 is 0. The average Bonchev–Trinajstić information content (AvgIpc) is 3.42. The molecule has 0 saturated carbocycles. The van der Waals surface area contributed by atoms with Gasteiger partial charge in [-0.15, -0.1) is 12.3 Å². The SMILES string of the molecule is C/C=C\C=C/C(C)Nc1ccccc1C.C=C/C=C(\C=C/C)c1cccc(/C=C/C2(/C(C)=C/C=C(\C=C)n3c(C=C=CC)c(C)c(C)c3C=CCC=C)C=CC2)c1. The zero-order valence-electron chi connectivity index (χ0n) is 35.7. The highest BCUT2D eigenvalue weighted by Gasteiger charge is 2.30. The molecule has 1 heterocycles. The predicted molar refractivity (Wildman–Crippen MR) is 257 cm³/mol. The Morgan fingerprint density at radius 2 is 1.67 bits per heavy atom. The second kappa shape index (κ2) is 23.8. The second-order valence-corrected chi connectivity index (χ2v) is 14.1. The molecule has 0 saturated heterocycles. The number of para-hydroxylation sites is 1. The van der Waals surface area contributed by atoms with Gasteiger partial charge in [0.2, 0.25) is 0 Å². The van der Waals surface area contributed by atoms with Gasteiger partial charge >= 0.3 is 0 Å². The largest absolute Gasteiger partial charge is 0.379 e. The topological polar surface area (TPSA) is 17.0 Å². The van der Waals surface area contributed by atoms with Crippen molar-refractivity contribution in [1.82, 2.24) is 4.57 Å². The lowest BCUT2D eigenvalue weighted by molar-refractivity contribution is 0.546. The van der Waals surface area contributed by atoms with Crippen LogP contribution >= 0.6 is 0 Å². The first-order valence-electron chi connectivity index (χ1n) is 20.0. The van der Waals surface area contributed by atoms with E-state index >= 15 is 0 Å². The molecule has 2 atom stereocenters. The van der Waals surface area contributed by atoms with Gasteiger partial charge in [-0.25, -0.2) is 0 Å². The van der Waals surface area contributed by atoms with Gasteiger partial charge in [-0.1, -0.05) is 146 Å². The van der Waals surface area contributed by atoms with Crippen LogP contribution in [0, 0.1) is 26.2 Å². The summed E-state index contributed by atoms with van der Waals surface area (Å²) in [4.78, 5) is 0. The minimum Gasteiger partial charge on any atom is -0.379 e. The van der Waals surface area contributed by atoms with E-state index in [1.165, 1.54) is 39.1 Å². The maximum absolute atomic E-state index is 4.19. The number of hydrogen-bond acceptors (Lipinski definition) is 1. The van der Waals surface area contributed by atoms with Crippen molar-refractivity contribution in [1.29, 1.82) is 0 Å². The van der Waals surface area contributed by atoms with Gasteiger partial charge < -0.3 is 9.88 Å². The Labute approximate surface area is 345 Å². The van der Waals surface area contributed by atoms with Crippen LogP contribution in [0.1, 0.15) is 86.7 Å². The number of aryl methyl sites for hydroxylation is 1. The highest BCUT2D eigenvalue weighted by Crippen LogP contribution is 2.43. The van der Waals surface area contributed by atoms with Gasteiger partial charge in [0.25, 0.3) is 0 Å². The third-order valence-electron chi connectivity index (χ3n) is 10.0. The fourth-order valence-corrected chi connectivity index (χ4v) is 6.45. The van der Waals surface area contributed by atoms with E-state index in [0.717, 1.165) is 35.5 Å². The number of aromatic nitrogens is 1. The third-order valence-corrected chi connectivity index (χ3v) is 10.0. The van der Waals surface area contributed by atoms with E-state index in [4.69, 9.17) is 0 Å². The molecule has 1 aliphatic carbocycles. The fraction of sp³-hybridized carbons (Fsp3) is 0.218. The number of allylic oxidation sites excluding steroid dienone is 19. The van der Waals surface area contributed by atoms with Gasteiger partial charge in [0.1, 0.15) is 0 Å². The molecule has 2 heteroatoms. The van der Waals surface area contributed by atoms with Gasteiger partial charge in [0.15, 0.2) is 0 Å². The highest BCUT2D eigenvalue weighted by atomic mass is 15.0. The van der Waals surface area contributed by atoms with Crippen LogP contribution in [0.4, 0.5) is 5.69 Å². The Morgan fingerprint density at radius 1 is 0.912 bits per heavy atom. The molecule has 0 amide bonds. The predicted octanol–water partition coefficient (Wildman–Crippen LogP) is 15.6. The molecular formula is C55H64N2. The first kappa shape index (κ1) is 45.3. The smallest absolute Gasteiger partial charge is 0.0571 e. The summed E-state index contributed by atoms with van der Waals surface area (Å²) in [5.74, 6) is 0. The molecule has 0 spiro atoms. The summed E-state index contributed by atoms with van der Waals surface area (Å²) in [6.45, 7) is 28.8. The molecule has 0 radical (unpaired) electrons. The molecular weight excluding hydrogens is 689 g/mol. The van der Waals surface area contributed by atoms with Gasteiger partial charge in [0, 0.05) is 34.6 Å². The molecule has 57 heavy (non-hydrogen) atoms. The summed E-state index contributed by atoms with van der Waals surface area (Å²) in [6, 6.07) is 17.3. The van der Waals surface area contributed by atoms with Crippen molar-refractivity contribution in [3.05, 3.63) is 222 Å². The van der Waals surface area contributed by atoms with E-state index in [1.54, 1.807) is 0 Å². The highest BCUT2D eigenvalue weighted by molar-refractivity contribution is 5.77. The summed E-state index contributed by atoms with van der Waals surface area (Å²) in [5.41, 5.74) is 16.2. The fourth-order valence-electron chi connectivity index (χ4n) is 6.45. The van der Waals surface area contributed by atoms with Crippen molar-refractivity contribution in [2.24, 2.45) is 5.41 Å². The van der Waals surface area contributed by atoms with Crippen molar-refractivity contribution in [2.45, 2.75) is 74.3 Å². The molecule has 0 aliphatic heterocycles. The molecule has 2 unspecified atom stereocenters. The van der Waals surface area contributed by atoms with Crippen molar-refractivity contribution in [3.8, 4) is 0 Å². The van der Waals surface area contributed by atoms with Crippen molar-refractivity contribution >= 4 is 35.2 Å². The zero-order valence-corrected chi connectivity index (χ0v) is 35.7. The Bertz CT molecular complexity index is 2180. The lowest BCUT2D eigenvalue weighted by Gasteiger charge is -2.34. The van der Waals surface area contributed by atoms with Gasteiger partial charge in [0.05, 0.1) is 5.69 Å². The Kier molecular flexibility index (Phi) is 18.9. The third kappa shape index (κ3) is 13.0. The van der Waals surface area contributed by atoms with Crippen LogP contribution in [0.15, 0.2) is 183 Å². The molecule has 4 rings (SSSR count). The van der Waals surface area contributed by atoms with Crippen LogP contribution in [-0.2, 0) is 0 Å². The Morgan fingerprint density at radius 3 is 2.30 bits per heavy atom. The van der Waals surface area contributed by atoms with Crippen LogP contribution in [-0.4, -0.2) is 10.6 Å². The monoisotopic (exact) mass is 753 g/mol. The van der Waals surface area contributed by atoms with Crippen LogP contribution in [0.5, 0.6) is 0 Å². The summed E-state index contributed by atoms with van der Waals surface area (Å²) < 4.78 is 2.28. The molecule has 2 nitrogen and oxygen atoms in total. The van der Waals surface area contributed by atoms with Crippen molar-refractivity contribution in [2.75, 3.05) is 5.32 Å². The minimum atomic E-state index is -0.106. The number of hydrogen-bond donors (Lipinski definition) is 1. The molecule has 1 aromatic heterocycles. The number of nitrogens with zero attached hydrogens (tertiary/aromatic N) is 1. The van der Waals surface area contributed by atoms with Gasteiger partial charge in [-0.3, -0.25) is 0 Å². The molecule has 0 fully saturated rings. The normalized spacial score (nSPS) is 16.5. The maximum Gasteiger partial charge on any atom is 0.0571 e. The zero-order chi connectivity index (χ0) is 41.6. The van der Waals surface area contributed by atoms with E-state index in [0.29, 0.717) is 6.04 Å². The first-order valence-corrected chi connectivity index (χ1v) is 20.0. The maximum atomic E-state index is 4.19. The number of rotatable bonds is 17. The molecule has 3 aromatic rings. The first-order chi connectivity index (χ1) is 27.6. The summed E-state index contributed by atoms with van der Waals surface area (Å²) in [6.07, 6.45) is 43.9. The molecule has 1 N–H and O–H groups in total.